The molecule has 2 aromatic carbocycles. The zero-order chi connectivity index (χ0) is 33.0. The fourth-order valence-corrected chi connectivity index (χ4v) is 6.20. The highest BCUT2D eigenvalue weighted by atomic mass is 19.2. The number of carboxylic acid groups (broad SMARTS) is 1. The first-order chi connectivity index (χ1) is 21.2. The summed E-state index contributed by atoms with van der Waals surface area (Å²) in [6.45, 7) is 10.5. The van der Waals surface area contributed by atoms with Crippen LogP contribution in [0.1, 0.15) is 79.4 Å². The summed E-state index contributed by atoms with van der Waals surface area (Å²) in [5, 5.41) is 14.2. The predicted octanol–water partition coefficient (Wildman–Crippen LogP) is 6.50. The SMILES string of the molecule is Cc1cccc(C)c1-c1cc(F)c(F)c([C@@H](CCC(=O)[C@H](CC(C)C)n2nc(CCN3CC(F)C3)cc(C)c2=O)CC(=O)O)c1. The highest BCUT2D eigenvalue weighted by Crippen LogP contribution is 2.36. The zero-order valence-electron chi connectivity index (χ0n) is 26.6. The van der Waals surface area contributed by atoms with Crippen LogP contribution in [-0.4, -0.2) is 57.3 Å². The van der Waals surface area contributed by atoms with Crippen LogP contribution < -0.4 is 5.56 Å². The van der Waals surface area contributed by atoms with Crippen molar-refractivity contribution >= 4 is 11.8 Å². The Kier molecular flexibility index (Phi) is 11.0. The molecule has 4 rings (SSSR count). The number of Topliss-reactive ketones (excluding diaryl/α,β-unsaturated/α-hetero) is 1. The second-order valence-electron chi connectivity index (χ2n) is 12.7. The molecular formula is C35H42F3N3O4. The van der Waals surface area contributed by atoms with Crippen LogP contribution in [0.2, 0.25) is 0 Å². The number of nitrogens with zero attached hydrogens (tertiary/aromatic N) is 3. The molecule has 45 heavy (non-hydrogen) atoms. The highest BCUT2D eigenvalue weighted by molar-refractivity contribution is 5.82. The molecule has 7 nitrogen and oxygen atoms in total. The quantitative estimate of drug-likeness (QED) is 0.220. The smallest absolute Gasteiger partial charge is 0.303 e. The number of carbonyl (C=O) groups excluding carboxylic acids is 1. The van der Waals surface area contributed by atoms with Gasteiger partial charge in [-0.25, -0.2) is 17.9 Å². The average molecular weight is 626 g/mol. The number of hydrogen-bond acceptors (Lipinski definition) is 5. The first-order valence-electron chi connectivity index (χ1n) is 15.5. The molecule has 0 bridgehead atoms. The van der Waals surface area contributed by atoms with Crippen LogP contribution in [0.5, 0.6) is 0 Å². The maximum absolute atomic E-state index is 15.3. The number of hydrogen-bond donors (Lipinski definition) is 1. The molecule has 1 aliphatic rings. The number of benzene rings is 2. The highest BCUT2D eigenvalue weighted by Gasteiger charge is 2.29. The zero-order valence-corrected chi connectivity index (χ0v) is 26.6. The number of carboxylic acids is 1. The Morgan fingerprint density at radius 2 is 1.71 bits per heavy atom. The lowest BCUT2D eigenvalue weighted by atomic mass is 9.85. The number of halogens is 3. The minimum atomic E-state index is -1.20. The summed E-state index contributed by atoms with van der Waals surface area (Å²) in [6, 6.07) is 8.96. The summed E-state index contributed by atoms with van der Waals surface area (Å²) in [6.07, 6.45) is -0.743. The van der Waals surface area contributed by atoms with Gasteiger partial charge in [0, 0.05) is 38.0 Å². The Balaban J connectivity index is 1.63. The molecule has 1 fully saturated rings. The Morgan fingerprint density at radius 3 is 2.31 bits per heavy atom. The average Bonchev–Trinajstić information content (AvgIpc) is 2.94. The van der Waals surface area contributed by atoms with E-state index in [1.165, 1.54) is 10.7 Å². The van der Waals surface area contributed by atoms with E-state index in [-0.39, 0.29) is 30.1 Å². The van der Waals surface area contributed by atoms with Crippen molar-refractivity contribution in [2.45, 2.75) is 84.9 Å². The fraction of sp³-hybridized carbons (Fsp3) is 0.486. The van der Waals surface area contributed by atoms with Gasteiger partial charge in [-0.2, -0.15) is 5.10 Å². The van der Waals surface area contributed by atoms with Crippen molar-refractivity contribution in [3.8, 4) is 11.1 Å². The molecule has 3 aromatic rings. The Morgan fingerprint density at radius 1 is 1.04 bits per heavy atom. The van der Waals surface area contributed by atoms with Crippen molar-refractivity contribution in [1.29, 1.82) is 0 Å². The van der Waals surface area contributed by atoms with Crippen molar-refractivity contribution in [2.75, 3.05) is 19.6 Å². The van der Waals surface area contributed by atoms with Crippen molar-refractivity contribution in [2.24, 2.45) is 5.92 Å². The normalized spacial score (nSPS) is 15.2. The van der Waals surface area contributed by atoms with E-state index < -0.39 is 47.7 Å². The van der Waals surface area contributed by atoms with Gasteiger partial charge in [0.05, 0.1) is 12.1 Å². The Hall–Kier alpha value is -3.79. The largest absolute Gasteiger partial charge is 0.481 e. The number of aryl methyl sites for hydroxylation is 3. The van der Waals surface area contributed by atoms with Gasteiger partial charge in [0.15, 0.2) is 17.4 Å². The van der Waals surface area contributed by atoms with E-state index in [4.69, 9.17) is 0 Å². The van der Waals surface area contributed by atoms with Crippen molar-refractivity contribution in [1.82, 2.24) is 14.7 Å². The van der Waals surface area contributed by atoms with E-state index in [1.54, 1.807) is 13.0 Å². The number of alkyl halides is 1. The van der Waals surface area contributed by atoms with Crippen LogP contribution >= 0.6 is 0 Å². The van der Waals surface area contributed by atoms with Gasteiger partial charge in [-0.15, -0.1) is 0 Å². The van der Waals surface area contributed by atoms with Gasteiger partial charge in [-0.3, -0.25) is 19.3 Å². The third kappa shape index (κ3) is 8.28. The maximum atomic E-state index is 15.3. The molecule has 242 valence electrons. The topological polar surface area (TPSA) is 92.5 Å². The molecule has 0 saturated carbocycles. The van der Waals surface area contributed by atoms with Gasteiger partial charge in [0.25, 0.3) is 5.56 Å². The first-order valence-corrected chi connectivity index (χ1v) is 15.5. The molecule has 1 saturated heterocycles. The second kappa shape index (κ2) is 14.5. The predicted molar refractivity (Wildman–Crippen MR) is 167 cm³/mol. The van der Waals surface area contributed by atoms with E-state index in [2.05, 4.69) is 5.10 Å². The monoisotopic (exact) mass is 625 g/mol. The van der Waals surface area contributed by atoms with E-state index >= 15 is 4.39 Å². The second-order valence-corrected chi connectivity index (χ2v) is 12.7. The molecule has 1 aliphatic heterocycles. The van der Waals surface area contributed by atoms with Crippen molar-refractivity contribution in [3.63, 3.8) is 0 Å². The summed E-state index contributed by atoms with van der Waals surface area (Å²) in [4.78, 5) is 40.9. The Bertz CT molecular complexity index is 1590. The molecule has 2 heterocycles. The Labute approximate surface area is 262 Å². The van der Waals surface area contributed by atoms with Crippen LogP contribution in [0.3, 0.4) is 0 Å². The van der Waals surface area contributed by atoms with Crippen LogP contribution in [0.15, 0.2) is 41.2 Å². The number of ketones is 1. The molecule has 0 aliphatic carbocycles. The summed E-state index contributed by atoms with van der Waals surface area (Å²) < 4.78 is 44.8. The van der Waals surface area contributed by atoms with E-state index in [0.717, 1.165) is 22.8 Å². The molecule has 0 amide bonds. The maximum Gasteiger partial charge on any atom is 0.303 e. The van der Waals surface area contributed by atoms with Crippen molar-refractivity contribution < 1.29 is 27.9 Å². The lowest BCUT2D eigenvalue weighted by molar-refractivity contribution is -0.137. The first kappa shape index (κ1) is 34.1. The van der Waals surface area contributed by atoms with Crippen LogP contribution in [-0.2, 0) is 16.0 Å². The van der Waals surface area contributed by atoms with Gasteiger partial charge in [0.1, 0.15) is 12.2 Å². The minimum Gasteiger partial charge on any atom is -0.481 e. The molecule has 2 atom stereocenters. The molecular weight excluding hydrogens is 583 g/mol. The van der Waals surface area contributed by atoms with Crippen LogP contribution in [0.4, 0.5) is 13.2 Å². The van der Waals surface area contributed by atoms with E-state index in [9.17, 15) is 28.3 Å². The number of aromatic nitrogens is 2. The number of rotatable bonds is 14. The summed E-state index contributed by atoms with van der Waals surface area (Å²) in [5.74, 6) is -4.73. The molecule has 0 radical (unpaired) electrons. The third-order valence-electron chi connectivity index (χ3n) is 8.55. The molecule has 0 spiro atoms. The van der Waals surface area contributed by atoms with Crippen LogP contribution in [0.25, 0.3) is 11.1 Å². The number of carbonyl (C=O) groups is 2. The van der Waals surface area contributed by atoms with Crippen LogP contribution in [0, 0.1) is 38.3 Å². The van der Waals surface area contributed by atoms with Gasteiger partial charge < -0.3 is 5.11 Å². The summed E-state index contributed by atoms with van der Waals surface area (Å²) >= 11 is 0. The number of likely N-dealkylation sites (tertiary alicyclic amines) is 1. The summed E-state index contributed by atoms with van der Waals surface area (Å²) in [7, 11) is 0. The molecule has 10 heteroatoms. The van der Waals surface area contributed by atoms with Gasteiger partial charge in [-0.1, -0.05) is 32.0 Å². The molecule has 1 aromatic heterocycles. The molecule has 0 unspecified atom stereocenters. The van der Waals surface area contributed by atoms with E-state index in [1.807, 2.05) is 50.8 Å². The third-order valence-corrected chi connectivity index (χ3v) is 8.55. The lowest BCUT2D eigenvalue weighted by Gasteiger charge is -2.34. The standard InChI is InChI=1S/C35H42F3N3O4/c1-20(2)13-30(41-35(45)23(5)14-27(39-41)11-12-40-18-26(36)19-40)31(42)10-9-24(17-32(43)44)28-15-25(16-29(37)34(28)38)33-21(3)7-6-8-22(33)4/h6-8,14-16,20,24,26,30H,9-13,17-19H2,1-5H3,(H,43,44)/t24-,30-/m0/s1. The van der Waals surface area contributed by atoms with Gasteiger partial charge in [-0.05, 0) is 91.5 Å². The van der Waals surface area contributed by atoms with Gasteiger partial charge in [0.2, 0.25) is 0 Å². The van der Waals surface area contributed by atoms with Gasteiger partial charge >= 0.3 is 5.97 Å². The number of aliphatic carboxylic acids is 1. The lowest BCUT2D eigenvalue weighted by Crippen LogP contribution is -2.49. The molecule has 1 N–H and O–H groups in total. The minimum absolute atomic E-state index is 0.0228. The van der Waals surface area contributed by atoms with E-state index in [0.29, 0.717) is 49.3 Å². The van der Waals surface area contributed by atoms with Crippen molar-refractivity contribution in [3.05, 3.63) is 86.3 Å². The fourth-order valence-electron chi connectivity index (χ4n) is 6.20. The summed E-state index contributed by atoms with van der Waals surface area (Å²) in [5.41, 5.74) is 3.43.